The van der Waals surface area contributed by atoms with Crippen LogP contribution in [0.1, 0.15) is 22.5 Å². The average molecular weight is 403 g/mol. The molecule has 0 saturated heterocycles. The number of hydrogen-bond donors (Lipinski definition) is 2. The summed E-state index contributed by atoms with van der Waals surface area (Å²) in [5.74, 6) is 0.944. The van der Waals surface area contributed by atoms with Gasteiger partial charge in [0.05, 0.1) is 18.3 Å². The lowest BCUT2D eigenvalue weighted by Crippen LogP contribution is -2.14. The second-order valence-electron chi connectivity index (χ2n) is 6.34. The minimum Gasteiger partial charge on any atom is -0.443 e. The summed E-state index contributed by atoms with van der Waals surface area (Å²) < 4.78 is 44.6. The van der Waals surface area contributed by atoms with E-state index in [1.807, 2.05) is 6.92 Å². The zero-order chi connectivity index (χ0) is 20.6. The van der Waals surface area contributed by atoms with E-state index in [4.69, 9.17) is 10.2 Å². The molecule has 3 aromatic heterocycles. The molecule has 3 N–H and O–H groups in total. The number of rotatable bonds is 5. The number of alkyl halides is 3. The van der Waals surface area contributed by atoms with Crippen LogP contribution in [0.2, 0.25) is 0 Å². The first-order valence-corrected chi connectivity index (χ1v) is 8.61. The van der Waals surface area contributed by atoms with Crippen molar-refractivity contribution in [1.29, 1.82) is 0 Å². The summed E-state index contributed by atoms with van der Waals surface area (Å²) in [7, 11) is 0. The number of halogens is 3. The Bertz CT molecular complexity index is 1140. The van der Waals surface area contributed by atoms with Crippen LogP contribution in [0.25, 0.3) is 17.2 Å². The molecule has 0 spiro atoms. The van der Waals surface area contributed by atoms with E-state index in [9.17, 15) is 13.2 Å². The van der Waals surface area contributed by atoms with Gasteiger partial charge in [-0.25, -0.2) is 15.0 Å². The Hall–Kier alpha value is -3.47. The normalized spacial score (nSPS) is 12.0. The van der Waals surface area contributed by atoms with Crippen molar-refractivity contribution in [3.8, 4) is 11.6 Å². The van der Waals surface area contributed by atoms with Gasteiger partial charge in [-0.3, -0.25) is 0 Å². The topological polar surface area (TPSA) is 107 Å². The van der Waals surface area contributed by atoms with Gasteiger partial charge in [-0.1, -0.05) is 12.1 Å². The fourth-order valence-corrected chi connectivity index (χ4v) is 2.86. The van der Waals surface area contributed by atoms with Crippen molar-refractivity contribution in [3.05, 3.63) is 59.2 Å². The van der Waals surface area contributed by atoms with Gasteiger partial charge >= 0.3 is 6.18 Å². The number of anilines is 1. The molecule has 0 atom stereocenters. The molecule has 0 saturated carbocycles. The van der Waals surface area contributed by atoms with Gasteiger partial charge < -0.3 is 15.5 Å². The molecule has 0 bridgehead atoms. The molecule has 4 rings (SSSR count). The van der Waals surface area contributed by atoms with Crippen molar-refractivity contribution < 1.29 is 17.6 Å². The highest BCUT2D eigenvalue weighted by Gasteiger charge is 2.29. The molecule has 0 amide bonds. The molecule has 4 aromatic rings. The zero-order valence-corrected chi connectivity index (χ0v) is 15.2. The van der Waals surface area contributed by atoms with Gasteiger partial charge in [-0.2, -0.15) is 17.7 Å². The van der Waals surface area contributed by atoms with Gasteiger partial charge in [-0.15, -0.1) is 5.10 Å². The van der Waals surface area contributed by atoms with Crippen LogP contribution in [-0.4, -0.2) is 24.6 Å². The summed E-state index contributed by atoms with van der Waals surface area (Å²) in [5.41, 5.74) is 7.74. The van der Waals surface area contributed by atoms with Crippen molar-refractivity contribution >= 4 is 11.6 Å². The minimum absolute atomic E-state index is 0.139. The minimum atomic E-state index is -4.34. The lowest BCUT2D eigenvalue weighted by atomic mass is 10.1. The van der Waals surface area contributed by atoms with Crippen molar-refractivity contribution in [2.45, 2.75) is 26.2 Å². The van der Waals surface area contributed by atoms with E-state index < -0.39 is 11.7 Å². The number of nitrogens with zero attached hydrogens (tertiary/aromatic N) is 5. The summed E-state index contributed by atoms with van der Waals surface area (Å²) in [5, 5.41) is 7.44. The molecule has 0 unspecified atom stereocenters. The molecule has 0 aliphatic rings. The van der Waals surface area contributed by atoms with Gasteiger partial charge in [0.1, 0.15) is 12.0 Å². The van der Waals surface area contributed by atoms with Gasteiger partial charge in [0.15, 0.2) is 11.5 Å². The van der Waals surface area contributed by atoms with Crippen molar-refractivity contribution in [2.24, 2.45) is 0 Å². The number of benzene rings is 1. The number of fused-ring (bicyclic) bond motifs is 1. The second kappa shape index (κ2) is 7.17. The molecule has 0 radical (unpaired) electrons. The van der Waals surface area contributed by atoms with Gasteiger partial charge in [0, 0.05) is 12.1 Å². The summed E-state index contributed by atoms with van der Waals surface area (Å²) >= 11 is 0. The van der Waals surface area contributed by atoms with E-state index in [0.29, 0.717) is 47.3 Å². The highest BCUT2D eigenvalue weighted by molar-refractivity contribution is 5.65. The van der Waals surface area contributed by atoms with Crippen LogP contribution < -0.4 is 11.1 Å². The molecule has 1 aromatic carbocycles. The van der Waals surface area contributed by atoms with Crippen LogP contribution in [0.3, 0.4) is 0 Å². The summed E-state index contributed by atoms with van der Waals surface area (Å²) in [6.45, 7) is 2.48. The third-order valence-electron chi connectivity index (χ3n) is 4.31. The quantitative estimate of drug-likeness (QED) is 0.527. The molecular weight excluding hydrogens is 387 g/mol. The van der Waals surface area contributed by atoms with E-state index in [2.05, 4.69) is 25.4 Å². The standard InChI is InChI=1S/C18H16F3N7O/c1-10-14(16-24-6-7-29-16)26-17(22)28-15(10)25-13(27-28)9-23-8-11-2-4-12(5-3-11)18(19,20)21/h2-7,23H,8-9H2,1H3,(H2,22,26). The van der Waals surface area contributed by atoms with E-state index in [1.165, 1.54) is 29.1 Å². The highest BCUT2D eigenvalue weighted by Crippen LogP contribution is 2.29. The number of aryl methyl sites for hydroxylation is 1. The number of hydrogen-bond acceptors (Lipinski definition) is 7. The molecule has 0 fully saturated rings. The largest absolute Gasteiger partial charge is 0.443 e. The molecule has 3 heterocycles. The third-order valence-corrected chi connectivity index (χ3v) is 4.31. The predicted molar refractivity (Wildman–Crippen MR) is 97.4 cm³/mol. The first-order chi connectivity index (χ1) is 13.8. The first-order valence-electron chi connectivity index (χ1n) is 8.61. The van der Waals surface area contributed by atoms with Gasteiger partial charge in [-0.05, 0) is 24.6 Å². The predicted octanol–water partition coefficient (Wildman–Crippen LogP) is 2.98. The Labute approximate surface area is 162 Å². The Morgan fingerprint density at radius 1 is 1.14 bits per heavy atom. The maximum Gasteiger partial charge on any atom is 0.416 e. The Morgan fingerprint density at radius 2 is 1.90 bits per heavy atom. The molecule has 0 aliphatic carbocycles. The molecule has 150 valence electrons. The van der Waals surface area contributed by atoms with Crippen LogP contribution in [0, 0.1) is 6.92 Å². The van der Waals surface area contributed by atoms with E-state index in [0.717, 1.165) is 12.1 Å². The summed E-state index contributed by atoms with van der Waals surface area (Å²) in [4.78, 5) is 12.8. The van der Waals surface area contributed by atoms with Crippen LogP contribution in [0.15, 0.2) is 41.1 Å². The van der Waals surface area contributed by atoms with Gasteiger partial charge in [0.2, 0.25) is 11.8 Å². The molecular formula is C18H16F3N7O. The number of nitrogens with one attached hydrogen (secondary N) is 1. The summed E-state index contributed by atoms with van der Waals surface area (Å²) in [6, 6.07) is 4.98. The fraction of sp³-hybridized carbons (Fsp3) is 0.222. The maximum atomic E-state index is 12.6. The first kappa shape index (κ1) is 18.9. The van der Waals surface area contributed by atoms with E-state index in [-0.39, 0.29) is 5.95 Å². The smallest absolute Gasteiger partial charge is 0.416 e. The van der Waals surface area contributed by atoms with Crippen molar-refractivity contribution in [3.63, 3.8) is 0 Å². The number of nitrogen functional groups attached to an aromatic ring is 1. The lowest BCUT2D eigenvalue weighted by Gasteiger charge is -2.07. The average Bonchev–Trinajstić information content (AvgIpc) is 3.35. The zero-order valence-electron chi connectivity index (χ0n) is 15.2. The van der Waals surface area contributed by atoms with Crippen LogP contribution >= 0.6 is 0 Å². The van der Waals surface area contributed by atoms with Crippen LogP contribution in [-0.2, 0) is 19.3 Å². The molecule has 29 heavy (non-hydrogen) atoms. The fourth-order valence-electron chi connectivity index (χ4n) is 2.86. The monoisotopic (exact) mass is 403 g/mol. The van der Waals surface area contributed by atoms with Crippen molar-refractivity contribution in [1.82, 2.24) is 29.9 Å². The van der Waals surface area contributed by atoms with E-state index >= 15 is 0 Å². The SMILES string of the molecule is Cc1c(-c2ncco2)nc(N)n2nc(CNCc3ccc(C(F)(F)F)cc3)nc12. The Morgan fingerprint density at radius 3 is 2.55 bits per heavy atom. The van der Waals surface area contributed by atoms with Crippen LogP contribution in [0.4, 0.5) is 19.1 Å². The maximum absolute atomic E-state index is 12.6. The molecule has 0 aliphatic heterocycles. The third kappa shape index (κ3) is 3.76. The van der Waals surface area contributed by atoms with E-state index in [1.54, 1.807) is 0 Å². The van der Waals surface area contributed by atoms with Gasteiger partial charge in [0.25, 0.3) is 0 Å². The number of nitrogens with two attached hydrogens (primary N) is 1. The Balaban J connectivity index is 1.49. The second-order valence-corrected chi connectivity index (χ2v) is 6.34. The summed E-state index contributed by atoms with van der Waals surface area (Å²) in [6.07, 6.45) is -1.39. The molecule has 8 nitrogen and oxygen atoms in total. The highest BCUT2D eigenvalue weighted by atomic mass is 19.4. The molecule has 11 heteroatoms. The van der Waals surface area contributed by atoms with Crippen LogP contribution in [0.5, 0.6) is 0 Å². The Kier molecular flexibility index (Phi) is 4.66. The van der Waals surface area contributed by atoms with Crippen molar-refractivity contribution in [2.75, 3.05) is 5.73 Å². The number of oxazole rings is 1. The number of aromatic nitrogens is 5. The lowest BCUT2D eigenvalue weighted by molar-refractivity contribution is -0.137.